The van der Waals surface area contributed by atoms with Gasteiger partial charge in [0, 0.05) is 24.9 Å². The number of hydrogen-bond donors (Lipinski definition) is 4. The largest absolute Gasteiger partial charge is 0.368 e. The second-order valence-corrected chi connectivity index (χ2v) is 5.25. The fourth-order valence-electron chi connectivity index (χ4n) is 2.65. The molecule has 0 saturated carbocycles. The molecule has 3 rings (SSSR count). The van der Waals surface area contributed by atoms with Gasteiger partial charge < -0.3 is 10.7 Å². The number of primary amides is 1. The average molecular weight is 299 g/mol. The van der Waals surface area contributed by atoms with Crippen LogP contribution in [-0.4, -0.2) is 28.2 Å². The lowest BCUT2D eigenvalue weighted by molar-refractivity contribution is -0.120. The normalized spacial score (nSPS) is 17.9. The van der Waals surface area contributed by atoms with E-state index in [4.69, 9.17) is 5.73 Å². The zero-order chi connectivity index (χ0) is 15.5. The summed E-state index contributed by atoms with van der Waals surface area (Å²) < 4.78 is 0. The maximum Gasteiger partial charge on any atom is 0.235 e. The number of fused-ring (bicyclic) bond motifs is 1. The predicted octanol–water partition coefficient (Wildman–Crippen LogP) is 0.0102. The third-order valence-corrected chi connectivity index (χ3v) is 3.76. The number of hydrogen-bond acceptors (Lipinski definition) is 5. The molecule has 1 aliphatic heterocycles. The molecule has 0 spiro atoms. The van der Waals surface area contributed by atoms with Crippen molar-refractivity contribution < 1.29 is 9.59 Å². The second kappa shape index (κ2) is 6.08. The highest BCUT2D eigenvalue weighted by Gasteiger charge is 2.26. The Morgan fingerprint density at radius 3 is 3.05 bits per heavy atom. The Bertz CT molecular complexity index is 697. The van der Waals surface area contributed by atoms with Gasteiger partial charge in [-0.15, -0.1) is 0 Å². The number of aromatic nitrogens is 2. The first-order valence-corrected chi connectivity index (χ1v) is 7.03. The first-order chi connectivity index (χ1) is 10.7. The lowest BCUT2D eigenvalue weighted by atomic mass is 10.1. The zero-order valence-electron chi connectivity index (χ0n) is 11.9. The minimum atomic E-state index is -0.566. The lowest BCUT2D eigenvalue weighted by Crippen LogP contribution is -2.46. The van der Waals surface area contributed by atoms with Crippen LogP contribution in [0, 0.1) is 0 Å². The molecule has 7 nitrogen and oxygen atoms in total. The topological polar surface area (TPSA) is 113 Å². The third kappa shape index (κ3) is 2.90. The molecule has 22 heavy (non-hydrogen) atoms. The van der Waals surface area contributed by atoms with E-state index in [0.717, 1.165) is 12.1 Å². The molecule has 0 aliphatic carbocycles. The van der Waals surface area contributed by atoms with Gasteiger partial charge in [-0.1, -0.05) is 24.3 Å². The number of carbonyl (C=O) groups excluding carboxylic acids is 2. The van der Waals surface area contributed by atoms with E-state index in [9.17, 15) is 9.59 Å². The van der Waals surface area contributed by atoms with E-state index in [2.05, 4.69) is 26.7 Å². The molecule has 0 saturated heterocycles. The van der Waals surface area contributed by atoms with Crippen molar-refractivity contribution in [2.24, 2.45) is 5.73 Å². The van der Waals surface area contributed by atoms with E-state index < -0.39 is 11.9 Å². The molecular formula is C15H17N5O2. The summed E-state index contributed by atoms with van der Waals surface area (Å²) in [5.41, 5.74) is 8.49. The Labute approximate surface area is 127 Å². The van der Waals surface area contributed by atoms with Gasteiger partial charge in [-0.2, -0.15) is 0 Å². The summed E-state index contributed by atoms with van der Waals surface area (Å²) >= 11 is 0. The van der Waals surface area contributed by atoms with Gasteiger partial charge in [0.15, 0.2) is 12.1 Å². The number of imidazole rings is 1. The molecule has 2 heterocycles. The van der Waals surface area contributed by atoms with Gasteiger partial charge in [0.2, 0.25) is 5.91 Å². The molecule has 7 heteroatoms. The van der Waals surface area contributed by atoms with Crippen LogP contribution in [0.25, 0.3) is 0 Å². The summed E-state index contributed by atoms with van der Waals surface area (Å²) in [4.78, 5) is 29.1. The number of amides is 1. The summed E-state index contributed by atoms with van der Waals surface area (Å²) in [5, 5.41) is 6.53. The number of aldehydes is 1. The van der Waals surface area contributed by atoms with Gasteiger partial charge in [-0.3, -0.25) is 20.2 Å². The fraction of sp³-hybridized carbons (Fsp3) is 0.267. The van der Waals surface area contributed by atoms with Gasteiger partial charge in [0.05, 0.1) is 12.2 Å². The van der Waals surface area contributed by atoms with Gasteiger partial charge in [0.1, 0.15) is 0 Å². The highest BCUT2D eigenvalue weighted by atomic mass is 16.1. The zero-order valence-corrected chi connectivity index (χ0v) is 11.9. The Morgan fingerprint density at radius 2 is 2.32 bits per heavy atom. The van der Waals surface area contributed by atoms with E-state index in [-0.39, 0.29) is 12.0 Å². The number of nitrogens with zero attached hydrogens (tertiary/aromatic N) is 1. The van der Waals surface area contributed by atoms with Crippen molar-refractivity contribution in [2.75, 3.05) is 0 Å². The molecule has 1 aromatic carbocycles. The minimum Gasteiger partial charge on any atom is -0.368 e. The smallest absolute Gasteiger partial charge is 0.235 e. The van der Waals surface area contributed by atoms with Crippen LogP contribution in [0.15, 0.2) is 30.5 Å². The van der Waals surface area contributed by atoms with Gasteiger partial charge >= 0.3 is 0 Å². The van der Waals surface area contributed by atoms with E-state index in [1.165, 1.54) is 11.8 Å². The van der Waals surface area contributed by atoms with E-state index >= 15 is 0 Å². The Hall–Kier alpha value is -2.51. The molecule has 0 bridgehead atoms. The van der Waals surface area contributed by atoms with Gasteiger partial charge in [-0.05, 0) is 11.1 Å². The standard InChI is InChI=1S/C15H17N5O2/c16-14(22)12(5-10-7-17-13(8-21)19-10)20-15-11-4-2-1-3-9(11)6-18-15/h1-4,7-8,12,15,18,20H,5-6H2,(H2,16,22)(H,17,19)/t12-,15?/m0/s1. The van der Waals surface area contributed by atoms with Gasteiger partial charge in [-0.25, -0.2) is 4.98 Å². The van der Waals surface area contributed by atoms with Crippen LogP contribution in [0.3, 0.4) is 0 Å². The first kappa shape index (κ1) is 14.4. The van der Waals surface area contributed by atoms with Crippen molar-refractivity contribution in [3.63, 3.8) is 0 Å². The molecule has 2 aromatic rings. The highest BCUT2D eigenvalue weighted by molar-refractivity contribution is 5.80. The first-order valence-electron chi connectivity index (χ1n) is 7.03. The van der Waals surface area contributed by atoms with Crippen molar-refractivity contribution in [2.45, 2.75) is 25.2 Å². The Kier molecular flexibility index (Phi) is 3.99. The fourth-order valence-corrected chi connectivity index (χ4v) is 2.65. The molecule has 1 amide bonds. The number of nitrogens with two attached hydrogens (primary N) is 1. The number of benzene rings is 1. The van der Waals surface area contributed by atoms with E-state index in [0.29, 0.717) is 18.4 Å². The summed E-state index contributed by atoms with van der Waals surface area (Å²) in [6, 6.07) is 7.45. The molecule has 5 N–H and O–H groups in total. The van der Waals surface area contributed by atoms with Crippen LogP contribution in [0.5, 0.6) is 0 Å². The quantitative estimate of drug-likeness (QED) is 0.561. The van der Waals surface area contributed by atoms with Crippen LogP contribution >= 0.6 is 0 Å². The monoisotopic (exact) mass is 299 g/mol. The van der Waals surface area contributed by atoms with Crippen molar-refractivity contribution >= 4 is 12.2 Å². The number of carbonyl (C=O) groups is 2. The molecule has 2 atom stereocenters. The molecule has 0 fully saturated rings. The Balaban J connectivity index is 1.73. The Morgan fingerprint density at radius 1 is 1.50 bits per heavy atom. The molecule has 1 unspecified atom stereocenters. The number of H-pyrrole nitrogens is 1. The minimum absolute atomic E-state index is 0.123. The van der Waals surface area contributed by atoms with Crippen molar-refractivity contribution in [1.29, 1.82) is 0 Å². The molecule has 1 aromatic heterocycles. The van der Waals surface area contributed by atoms with Crippen LogP contribution in [0.1, 0.15) is 33.6 Å². The van der Waals surface area contributed by atoms with Gasteiger partial charge in [0.25, 0.3) is 0 Å². The third-order valence-electron chi connectivity index (χ3n) is 3.76. The van der Waals surface area contributed by atoms with Crippen LogP contribution in [0.4, 0.5) is 0 Å². The molecule has 0 radical (unpaired) electrons. The lowest BCUT2D eigenvalue weighted by Gasteiger charge is -2.21. The maximum absolute atomic E-state index is 11.7. The van der Waals surface area contributed by atoms with Crippen molar-refractivity contribution in [1.82, 2.24) is 20.6 Å². The summed E-state index contributed by atoms with van der Waals surface area (Å²) in [6.07, 6.45) is 2.39. The van der Waals surface area contributed by atoms with Crippen molar-refractivity contribution in [3.8, 4) is 0 Å². The SMILES string of the molecule is NC(=O)[C@H](Cc1cnc(C=O)[nH]1)NC1NCc2ccccc21. The summed E-state index contributed by atoms with van der Waals surface area (Å²) in [7, 11) is 0. The van der Waals surface area contributed by atoms with Crippen LogP contribution < -0.4 is 16.4 Å². The van der Waals surface area contributed by atoms with E-state index in [1.54, 1.807) is 0 Å². The summed E-state index contributed by atoms with van der Waals surface area (Å²) in [5.74, 6) is -0.212. The highest BCUT2D eigenvalue weighted by Crippen LogP contribution is 2.23. The average Bonchev–Trinajstić information content (AvgIpc) is 3.14. The van der Waals surface area contributed by atoms with Crippen LogP contribution in [0.2, 0.25) is 0 Å². The number of aromatic amines is 1. The second-order valence-electron chi connectivity index (χ2n) is 5.25. The maximum atomic E-state index is 11.7. The summed E-state index contributed by atoms with van der Waals surface area (Å²) in [6.45, 7) is 0.749. The van der Waals surface area contributed by atoms with E-state index in [1.807, 2.05) is 18.2 Å². The molecule has 1 aliphatic rings. The van der Waals surface area contributed by atoms with Crippen molar-refractivity contribution in [3.05, 3.63) is 53.1 Å². The number of rotatable bonds is 6. The number of nitrogens with one attached hydrogen (secondary N) is 3. The van der Waals surface area contributed by atoms with Crippen LogP contribution in [-0.2, 0) is 17.8 Å². The molecular weight excluding hydrogens is 282 g/mol. The predicted molar refractivity (Wildman–Crippen MR) is 79.8 cm³/mol. The molecule has 114 valence electrons.